The van der Waals surface area contributed by atoms with Crippen molar-refractivity contribution in [1.82, 2.24) is 4.98 Å². The highest BCUT2D eigenvalue weighted by Gasteiger charge is 2.06. The average molecular weight is 307 g/mol. The summed E-state index contributed by atoms with van der Waals surface area (Å²) in [7, 11) is 0. The van der Waals surface area contributed by atoms with Crippen molar-refractivity contribution < 1.29 is 9.18 Å². The maximum atomic E-state index is 13.1. The maximum absolute atomic E-state index is 13.1. The van der Waals surface area contributed by atoms with Crippen LogP contribution >= 0.6 is 0 Å². The van der Waals surface area contributed by atoms with E-state index in [-0.39, 0.29) is 11.7 Å². The van der Waals surface area contributed by atoms with E-state index < -0.39 is 0 Å². The van der Waals surface area contributed by atoms with Crippen molar-refractivity contribution in [3.63, 3.8) is 0 Å². The Morgan fingerprint density at radius 3 is 2.43 bits per heavy atom. The van der Waals surface area contributed by atoms with E-state index in [9.17, 15) is 9.18 Å². The monoisotopic (exact) mass is 307 g/mol. The van der Waals surface area contributed by atoms with E-state index in [0.29, 0.717) is 22.8 Å². The van der Waals surface area contributed by atoms with E-state index >= 15 is 0 Å². The normalized spacial score (nSPS) is 10.1. The Balaban J connectivity index is 1.66. The lowest BCUT2D eigenvalue weighted by atomic mass is 10.2. The van der Waals surface area contributed by atoms with Gasteiger partial charge in [-0.05, 0) is 42.5 Å². The molecular weight excluding hydrogens is 293 g/mol. The van der Waals surface area contributed by atoms with Crippen molar-refractivity contribution in [2.75, 3.05) is 10.6 Å². The summed E-state index contributed by atoms with van der Waals surface area (Å²) in [5.41, 5.74) is 1.90. The standard InChI is InChI=1S/C18H14FN3O/c19-14-7-4-8-15(11-14)21-16-9-10-17(20-12-16)22-18(23)13-5-2-1-3-6-13/h1-12,21H,(H,20,22,23). The molecule has 3 aromatic rings. The molecule has 0 aliphatic heterocycles. The molecule has 0 aliphatic carbocycles. The molecule has 0 fully saturated rings. The van der Waals surface area contributed by atoms with Crippen LogP contribution in [0.3, 0.4) is 0 Å². The second-order valence-electron chi connectivity index (χ2n) is 4.89. The van der Waals surface area contributed by atoms with E-state index in [1.807, 2.05) is 6.07 Å². The molecule has 1 aromatic heterocycles. The number of aromatic nitrogens is 1. The Hall–Kier alpha value is -3.21. The zero-order chi connectivity index (χ0) is 16.1. The number of anilines is 3. The summed E-state index contributed by atoms with van der Waals surface area (Å²) in [5.74, 6) is -0.0812. The molecule has 0 unspecified atom stereocenters. The molecule has 0 radical (unpaired) electrons. The van der Waals surface area contributed by atoms with Gasteiger partial charge in [0.05, 0.1) is 11.9 Å². The van der Waals surface area contributed by atoms with Crippen LogP contribution in [0.25, 0.3) is 0 Å². The summed E-state index contributed by atoms with van der Waals surface area (Å²) in [6, 6.07) is 18.5. The van der Waals surface area contributed by atoms with Gasteiger partial charge in [-0.2, -0.15) is 0 Å². The van der Waals surface area contributed by atoms with Gasteiger partial charge in [-0.25, -0.2) is 9.37 Å². The van der Waals surface area contributed by atoms with Gasteiger partial charge in [0.1, 0.15) is 11.6 Å². The molecule has 0 saturated heterocycles. The van der Waals surface area contributed by atoms with E-state index in [2.05, 4.69) is 15.6 Å². The van der Waals surface area contributed by atoms with Crippen LogP contribution in [0, 0.1) is 5.82 Å². The van der Waals surface area contributed by atoms with Crippen LogP contribution < -0.4 is 10.6 Å². The first-order valence-electron chi connectivity index (χ1n) is 7.06. The molecule has 5 heteroatoms. The summed E-state index contributed by atoms with van der Waals surface area (Å²) in [6.07, 6.45) is 1.57. The number of carbonyl (C=O) groups is 1. The average Bonchev–Trinajstić information content (AvgIpc) is 2.57. The fourth-order valence-corrected chi connectivity index (χ4v) is 2.05. The maximum Gasteiger partial charge on any atom is 0.256 e. The largest absolute Gasteiger partial charge is 0.354 e. The smallest absolute Gasteiger partial charge is 0.256 e. The number of halogens is 1. The first-order valence-corrected chi connectivity index (χ1v) is 7.06. The Kier molecular flexibility index (Phi) is 4.29. The van der Waals surface area contributed by atoms with E-state index in [0.717, 1.165) is 0 Å². The Morgan fingerprint density at radius 1 is 0.913 bits per heavy atom. The van der Waals surface area contributed by atoms with Crippen LogP contribution in [0.5, 0.6) is 0 Å². The lowest BCUT2D eigenvalue weighted by Gasteiger charge is -2.08. The number of hydrogen-bond acceptors (Lipinski definition) is 3. The summed E-state index contributed by atoms with van der Waals surface area (Å²) >= 11 is 0. The summed E-state index contributed by atoms with van der Waals surface area (Å²) in [5, 5.41) is 5.76. The SMILES string of the molecule is O=C(Nc1ccc(Nc2cccc(F)c2)cn1)c1ccccc1. The highest BCUT2D eigenvalue weighted by molar-refractivity contribution is 6.03. The summed E-state index contributed by atoms with van der Waals surface area (Å²) < 4.78 is 13.1. The number of pyridine rings is 1. The molecule has 2 aromatic carbocycles. The first-order chi connectivity index (χ1) is 11.2. The third-order valence-corrected chi connectivity index (χ3v) is 3.15. The van der Waals surface area contributed by atoms with Gasteiger partial charge in [-0.3, -0.25) is 4.79 Å². The number of benzene rings is 2. The fourth-order valence-electron chi connectivity index (χ4n) is 2.05. The van der Waals surface area contributed by atoms with Crippen LogP contribution in [0.1, 0.15) is 10.4 Å². The molecule has 0 atom stereocenters. The molecule has 3 rings (SSSR count). The Labute approximate surface area is 133 Å². The zero-order valence-corrected chi connectivity index (χ0v) is 12.2. The van der Waals surface area contributed by atoms with Crippen molar-refractivity contribution in [2.45, 2.75) is 0 Å². The van der Waals surface area contributed by atoms with Gasteiger partial charge in [0, 0.05) is 11.3 Å². The van der Waals surface area contributed by atoms with Crippen LogP contribution in [-0.4, -0.2) is 10.9 Å². The molecule has 23 heavy (non-hydrogen) atoms. The molecule has 0 aliphatic rings. The number of nitrogens with zero attached hydrogens (tertiary/aromatic N) is 1. The predicted molar refractivity (Wildman–Crippen MR) is 88.3 cm³/mol. The van der Waals surface area contributed by atoms with Gasteiger partial charge >= 0.3 is 0 Å². The van der Waals surface area contributed by atoms with Crippen LogP contribution in [0.4, 0.5) is 21.6 Å². The molecular formula is C18H14FN3O. The van der Waals surface area contributed by atoms with E-state index in [1.165, 1.54) is 12.1 Å². The van der Waals surface area contributed by atoms with Crippen LogP contribution in [-0.2, 0) is 0 Å². The molecule has 0 saturated carbocycles. The number of hydrogen-bond donors (Lipinski definition) is 2. The minimum absolute atomic E-state index is 0.219. The van der Waals surface area contributed by atoms with Crippen molar-refractivity contribution in [1.29, 1.82) is 0 Å². The number of rotatable bonds is 4. The van der Waals surface area contributed by atoms with Gasteiger partial charge in [0.25, 0.3) is 5.91 Å². The summed E-state index contributed by atoms with van der Waals surface area (Å²) in [6.45, 7) is 0. The van der Waals surface area contributed by atoms with E-state index in [4.69, 9.17) is 0 Å². The minimum atomic E-state index is -0.310. The lowest BCUT2D eigenvalue weighted by molar-refractivity contribution is 0.102. The molecule has 114 valence electrons. The third kappa shape index (κ3) is 3.91. The van der Waals surface area contributed by atoms with Gasteiger partial charge in [0.2, 0.25) is 0 Å². The van der Waals surface area contributed by atoms with Gasteiger partial charge in [-0.1, -0.05) is 24.3 Å². The van der Waals surface area contributed by atoms with Crippen molar-refractivity contribution >= 4 is 23.1 Å². The van der Waals surface area contributed by atoms with Crippen molar-refractivity contribution in [3.05, 3.63) is 84.3 Å². The lowest BCUT2D eigenvalue weighted by Crippen LogP contribution is -2.12. The number of nitrogens with one attached hydrogen (secondary N) is 2. The predicted octanol–water partition coefficient (Wildman–Crippen LogP) is 4.22. The van der Waals surface area contributed by atoms with Gasteiger partial charge < -0.3 is 10.6 Å². The fraction of sp³-hybridized carbons (Fsp3) is 0. The highest BCUT2D eigenvalue weighted by Crippen LogP contribution is 2.18. The number of carbonyl (C=O) groups excluding carboxylic acids is 1. The molecule has 2 N–H and O–H groups in total. The van der Waals surface area contributed by atoms with E-state index in [1.54, 1.807) is 54.7 Å². The molecule has 0 bridgehead atoms. The highest BCUT2D eigenvalue weighted by atomic mass is 19.1. The number of amides is 1. The molecule has 0 spiro atoms. The first kappa shape index (κ1) is 14.7. The Bertz CT molecular complexity index is 804. The second-order valence-corrected chi connectivity index (χ2v) is 4.89. The summed E-state index contributed by atoms with van der Waals surface area (Å²) in [4.78, 5) is 16.2. The van der Waals surface area contributed by atoms with Crippen LogP contribution in [0.2, 0.25) is 0 Å². The molecule has 4 nitrogen and oxygen atoms in total. The van der Waals surface area contributed by atoms with Gasteiger partial charge in [0.15, 0.2) is 0 Å². The minimum Gasteiger partial charge on any atom is -0.354 e. The zero-order valence-electron chi connectivity index (χ0n) is 12.2. The van der Waals surface area contributed by atoms with Crippen LogP contribution in [0.15, 0.2) is 72.9 Å². The van der Waals surface area contributed by atoms with Crippen molar-refractivity contribution in [2.24, 2.45) is 0 Å². The quantitative estimate of drug-likeness (QED) is 0.759. The van der Waals surface area contributed by atoms with Crippen molar-refractivity contribution in [3.8, 4) is 0 Å². The second kappa shape index (κ2) is 6.70. The topological polar surface area (TPSA) is 54.0 Å². The third-order valence-electron chi connectivity index (χ3n) is 3.15. The molecule has 1 heterocycles. The molecule has 1 amide bonds. The Morgan fingerprint density at radius 2 is 1.74 bits per heavy atom. The van der Waals surface area contributed by atoms with Gasteiger partial charge in [-0.15, -0.1) is 0 Å².